The van der Waals surface area contributed by atoms with Crippen LogP contribution in [0.2, 0.25) is 0 Å². The van der Waals surface area contributed by atoms with Crippen LogP contribution in [0.1, 0.15) is 10.4 Å². The number of nitro groups is 1. The number of carbonyl (C=O) groups excluding carboxylic acids is 2. The SMILES string of the molecule is COc1ccc(C(=O)N2CCN(c3ccc(NC(=O)COc4ccc([N+](=O)[O-])cc4)cc3)CC2)cc1. The number of nitro benzene ring substituents is 1. The van der Waals surface area contributed by atoms with E-state index in [1.807, 2.05) is 29.2 Å². The molecular weight excluding hydrogens is 464 g/mol. The number of anilines is 2. The molecule has 3 aromatic rings. The van der Waals surface area contributed by atoms with Crippen molar-refractivity contribution < 1.29 is 24.0 Å². The summed E-state index contributed by atoms with van der Waals surface area (Å²) in [5, 5.41) is 13.5. The second kappa shape index (κ2) is 11.2. The Morgan fingerprint density at radius 2 is 1.50 bits per heavy atom. The largest absolute Gasteiger partial charge is 0.497 e. The van der Waals surface area contributed by atoms with Crippen LogP contribution >= 0.6 is 0 Å². The molecule has 4 rings (SSSR count). The molecule has 1 saturated heterocycles. The van der Waals surface area contributed by atoms with Gasteiger partial charge >= 0.3 is 0 Å². The van der Waals surface area contributed by atoms with Gasteiger partial charge < -0.3 is 24.6 Å². The third-order valence-electron chi connectivity index (χ3n) is 5.84. The molecule has 0 aromatic heterocycles. The number of hydrogen-bond acceptors (Lipinski definition) is 7. The highest BCUT2D eigenvalue weighted by Crippen LogP contribution is 2.21. The number of ether oxygens (including phenoxy) is 2. The molecule has 1 aliphatic heterocycles. The number of methoxy groups -OCH3 is 1. The molecule has 0 spiro atoms. The van der Waals surface area contributed by atoms with E-state index in [0.29, 0.717) is 48.9 Å². The number of rotatable bonds is 8. The number of non-ortho nitro benzene ring substituents is 1. The van der Waals surface area contributed by atoms with E-state index in [1.165, 1.54) is 24.3 Å². The molecule has 0 radical (unpaired) electrons. The average molecular weight is 491 g/mol. The minimum atomic E-state index is -0.498. The molecule has 1 aliphatic rings. The fourth-order valence-corrected chi connectivity index (χ4v) is 3.85. The van der Waals surface area contributed by atoms with Crippen LogP contribution in [0.25, 0.3) is 0 Å². The van der Waals surface area contributed by atoms with Crippen molar-refractivity contribution in [3.63, 3.8) is 0 Å². The van der Waals surface area contributed by atoms with Crippen molar-refractivity contribution in [2.75, 3.05) is 50.1 Å². The second-order valence-electron chi connectivity index (χ2n) is 8.14. The zero-order valence-corrected chi connectivity index (χ0v) is 19.8. The van der Waals surface area contributed by atoms with Gasteiger partial charge in [-0.3, -0.25) is 19.7 Å². The first-order valence-electron chi connectivity index (χ1n) is 11.4. The van der Waals surface area contributed by atoms with E-state index in [-0.39, 0.29) is 24.1 Å². The summed E-state index contributed by atoms with van der Waals surface area (Å²) in [5.74, 6) is 0.752. The van der Waals surface area contributed by atoms with E-state index in [0.717, 1.165) is 5.69 Å². The predicted molar refractivity (Wildman–Crippen MR) is 135 cm³/mol. The Labute approximate surface area is 208 Å². The first-order chi connectivity index (χ1) is 17.4. The lowest BCUT2D eigenvalue weighted by Gasteiger charge is -2.36. The Morgan fingerprint density at radius 1 is 0.889 bits per heavy atom. The van der Waals surface area contributed by atoms with Crippen molar-refractivity contribution in [2.24, 2.45) is 0 Å². The highest BCUT2D eigenvalue weighted by atomic mass is 16.6. The molecule has 1 fully saturated rings. The van der Waals surface area contributed by atoms with Crippen molar-refractivity contribution in [3.05, 3.63) is 88.5 Å². The van der Waals surface area contributed by atoms with Gasteiger partial charge in [0.15, 0.2) is 6.61 Å². The molecule has 0 saturated carbocycles. The monoisotopic (exact) mass is 490 g/mol. The molecule has 2 amide bonds. The van der Waals surface area contributed by atoms with Crippen LogP contribution in [0, 0.1) is 10.1 Å². The van der Waals surface area contributed by atoms with Crippen molar-refractivity contribution in [3.8, 4) is 11.5 Å². The number of hydrogen-bond donors (Lipinski definition) is 1. The quantitative estimate of drug-likeness (QED) is 0.379. The molecule has 0 bridgehead atoms. The zero-order valence-electron chi connectivity index (χ0n) is 19.8. The number of benzene rings is 3. The maximum Gasteiger partial charge on any atom is 0.269 e. The van der Waals surface area contributed by atoms with Gasteiger partial charge in [0.2, 0.25) is 0 Å². The van der Waals surface area contributed by atoms with Gasteiger partial charge in [-0.15, -0.1) is 0 Å². The van der Waals surface area contributed by atoms with E-state index in [1.54, 1.807) is 31.4 Å². The fraction of sp³-hybridized carbons (Fsp3) is 0.231. The van der Waals surface area contributed by atoms with Crippen LogP contribution in [-0.2, 0) is 4.79 Å². The van der Waals surface area contributed by atoms with Gasteiger partial charge in [-0.05, 0) is 60.7 Å². The van der Waals surface area contributed by atoms with Crippen molar-refractivity contribution in [1.29, 1.82) is 0 Å². The van der Waals surface area contributed by atoms with Crippen LogP contribution < -0.4 is 19.7 Å². The smallest absolute Gasteiger partial charge is 0.269 e. The summed E-state index contributed by atoms with van der Waals surface area (Å²) in [6.45, 7) is 2.42. The van der Waals surface area contributed by atoms with E-state index in [4.69, 9.17) is 9.47 Å². The molecular formula is C26H26N4O6. The predicted octanol–water partition coefficient (Wildman–Crippen LogP) is 3.58. The number of carbonyl (C=O) groups is 2. The van der Waals surface area contributed by atoms with Gasteiger partial charge in [-0.1, -0.05) is 0 Å². The van der Waals surface area contributed by atoms with Crippen LogP contribution in [0.4, 0.5) is 17.1 Å². The number of nitrogens with one attached hydrogen (secondary N) is 1. The van der Waals surface area contributed by atoms with Crippen molar-refractivity contribution in [2.45, 2.75) is 0 Å². The minimum Gasteiger partial charge on any atom is -0.497 e. The fourth-order valence-electron chi connectivity index (χ4n) is 3.85. The molecule has 10 heteroatoms. The molecule has 1 heterocycles. The highest BCUT2D eigenvalue weighted by Gasteiger charge is 2.22. The van der Waals surface area contributed by atoms with Crippen LogP contribution in [0.5, 0.6) is 11.5 Å². The Balaban J connectivity index is 1.24. The Hall–Kier alpha value is -4.60. The number of nitrogens with zero attached hydrogens (tertiary/aromatic N) is 3. The molecule has 0 atom stereocenters. The summed E-state index contributed by atoms with van der Waals surface area (Å²) in [7, 11) is 1.59. The summed E-state index contributed by atoms with van der Waals surface area (Å²) < 4.78 is 10.5. The third-order valence-corrected chi connectivity index (χ3v) is 5.84. The number of piperazine rings is 1. The van der Waals surface area contributed by atoms with Crippen LogP contribution in [0.3, 0.4) is 0 Å². The van der Waals surface area contributed by atoms with Gasteiger partial charge in [0.25, 0.3) is 17.5 Å². The Morgan fingerprint density at radius 3 is 2.08 bits per heavy atom. The maximum atomic E-state index is 12.8. The molecule has 10 nitrogen and oxygen atoms in total. The minimum absolute atomic E-state index is 0.00584. The van der Waals surface area contributed by atoms with Gasteiger partial charge in [-0.2, -0.15) is 0 Å². The lowest BCUT2D eigenvalue weighted by Crippen LogP contribution is -2.48. The average Bonchev–Trinajstić information content (AvgIpc) is 2.92. The van der Waals surface area contributed by atoms with E-state index < -0.39 is 4.92 Å². The van der Waals surface area contributed by atoms with Gasteiger partial charge in [-0.25, -0.2) is 0 Å². The summed E-state index contributed by atoms with van der Waals surface area (Å²) in [5.41, 5.74) is 2.23. The summed E-state index contributed by atoms with van der Waals surface area (Å²) in [4.78, 5) is 39.2. The van der Waals surface area contributed by atoms with Gasteiger partial charge in [0.1, 0.15) is 11.5 Å². The summed E-state index contributed by atoms with van der Waals surface area (Å²) >= 11 is 0. The molecule has 0 aliphatic carbocycles. The first kappa shape index (κ1) is 24.5. The van der Waals surface area contributed by atoms with Crippen LogP contribution in [0.15, 0.2) is 72.8 Å². The molecule has 36 heavy (non-hydrogen) atoms. The van der Waals surface area contributed by atoms with Crippen molar-refractivity contribution >= 4 is 28.9 Å². The van der Waals surface area contributed by atoms with Gasteiger partial charge in [0, 0.05) is 55.2 Å². The lowest BCUT2D eigenvalue weighted by atomic mass is 10.1. The van der Waals surface area contributed by atoms with Gasteiger partial charge in [0.05, 0.1) is 12.0 Å². The molecule has 3 aromatic carbocycles. The van der Waals surface area contributed by atoms with E-state index in [9.17, 15) is 19.7 Å². The van der Waals surface area contributed by atoms with E-state index >= 15 is 0 Å². The standard InChI is InChI=1S/C26H26N4O6/c1-35-23-10-2-19(3-11-23)26(32)29-16-14-28(15-17-29)21-6-4-20(5-7-21)27-25(31)18-36-24-12-8-22(9-13-24)30(33)34/h2-13H,14-18H2,1H3,(H,27,31). The first-order valence-corrected chi connectivity index (χ1v) is 11.4. The summed E-state index contributed by atoms with van der Waals surface area (Å²) in [6.07, 6.45) is 0. The maximum absolute atomic E-state index is 12.8. The Bertz CT molecular complexity index is 1200. The lowest BCUT2D eigenvalue weighted by molar-refractivity contribution is -0.384. The molecule has 0 unspecified atom stereocenters. The normalized spacial score (nSPS) is 13.1. The third kappa shape index (κ3) is 6.09. The highest BCUT2D eigenvalue weighted by molar-refractivity contribution is 5.94. The van der Waals surface area contributed by atoms with Crippen LogP contribution in [-0.4, -0.2) is 61.5 Å². The topological polar surface area (TPSA) is 114 Å². The molecule has 1 N–H and O–H groups in total. The number of amides is 2. The Kier molecular flexibility index (Phi) is 7.64. The summed E-state index contributed by atoms with van der Waals surface area (Å²) in [6, 6.07) is 20.1. The molecule has 186 valence electrons. The van der Waals surface area contributed by atoms with Crippen molar-refractivity contribution in [1.82, 2.24) is 4.90 Å². The zero-order chi connectivity index (χ0) is 25.5. The van der Waals surface area contributed by atoms with E-state index in [2.05, 4.69) is 10.2 Å². The second-order valence-corrected chi connectivity index (χ2v) is 8.14.